The molecule has 1 rings (SSSR count). The molecule has 0 bridgehead atoms. The number of carbonyl (C=O) groups excluding carboxylic acids is 1. The molecule has 4 nitrogen and oxygen atoms in total. The maximum Gasteiger partial charge on any atom is 0.191 e. The van der Waals surface area contributed by atoms with E-state index in [-0.39, 0.29) is 12.2 Å². The van der Waals surface area contributed by atoms with Crippen LogP contribution in [0.1, 0.15) is 10.4 Å². The minimum absolute atomic E-state index is 0.00298. The first kappa shape index (κ1) is 13.6. The van der Waals surface area contributed by atoms with E-state index in [9.17, 15) is 9.18 Å². The van der Waals surface area contributed by atoms with Crippen molar-refractivity contribution in [1.82, 2.24) is 0 Å². The molecule has 0 heterocycles. The Morgan fingerprint density at radius 1 is 1.29 bits per heavy atom. The molecule has 0 unspecified atom stereocenters. The zero-order valence-electron chi connectivity index (χ0n) is 9.86. The van der Waals surface area contributed by atoms with Gasteiger partial charge in [-0.2, -0.15) is 0 Å². The topological polar surface area (TPSA) is 44.8 Å². The minimum atomic E-state index is -0.607. The van der Waals surface area contributed by atoms with Gasteiger partial charge < -0.3 is 14.2 Å². The molecule has 1 aromatic rings. The van der Waals surface area contributed by atoms with Crippen LogP contribution in [0.4, 0.5) is 4.39 Å². The number of hydrogen-bond acceptors (Lipinski definition) is 4. The van der Waals surface area contributed by atoms with Gasteiger partial charge in [-0.3, -0.25) is 4.79 Å². The number of ether oxygens (including phenoxy) is 3. The summed E-state index contributed by atoms with van der Waals surface area (Å²) < 4.78 is 28.1. The van der Waals surface area contributed by atoms with Crippen molar-refractivity contribution >= 4 is 5.78 Å². The van der Waals surface area contributed by atoms with Gasteiger partial charge in [-0.15, -0.1) is 0 Å². The van der Waals surface area contributed by atoms with E-state index < -0.39 is 11.6 Å². The molecule has 0 saturated heterocycles. The highest BCUT2D eigenvalue weighted by Crippen LogP contribution is 2.16. The summed E-state index contributed by atoms with van der Waals surface area (Å²) in [6, 6.07) is 4.09. The summed E-state index contributed by atoms with van der Waals surface area (Å²) in [5.41, 5.74) is 0.00298. The summed E-state index contributed by atoms with van der Waals surface area (Å²) in [6.45, 7) is 0.547. The summed E-state index contributed by atoms with van der Waals surface area (Å²) >= 11 is 0. The van der Waals surface area contributed by atoms with Crippen LogP contribution in [0.25, 0.3) is 0 Å². The summed E-state index contributed by atoms with van der Waals surface area (Å²) in [6.07, 6.45) is 0. The standard InChI is InChI=1S/C12H15FO4/c1-15-5-6-17-8-12(14)10-4-3-9(16-2)7-11(10)13/h3-4,7H,5-6,8H2,1-2H3. The molecule has 0 amide bonds. The van der Waals surface area contributed by atoms with Gasteiger partial charge in [-0.25, -0.2) is 4.39 Å². The number of halogens is 1. The van der Waals surface area contributed by atoms with Crippen molar-refractivity contribution in [2.24, 2.45) is 0 Å². The van der Waals surface area contributed by atoms with Crippen molar-refractivity contribution in [3.63, 3.8) is 0 Å². The predicted molar refractivity (Wildman–Crippen MR) is 60.0 cm³/mol. The fourth-order valence-electron chi connectivity index (χ4n) is 1.23. The van der Waals surface area contributed by atoms with E-state index in [0.29, 0.717) is 19.0 Å². The SMILES string of the molecule is COCCOCC(=O)c1ccc(OC)cc1F. The van der Waals surface area contributed by atoms with Gasteiger partial charge >= 0.3 is 0 Å². The van der Waals surface area contributed by atoms with Crippen LogP contribution >= 0.6 is 0 Å². The Kier molecular flexibility index (Phi) is 5.59. The lowest BCUT2D eigenvalue weighted by Gasteiger charge is -2.05. The predicted octanol–water partition coefficient (Wildman–Crippen LogP) is 1.68. The molecule has 0 radical (unpaired) electrons. The number of hydrogen-bond donors (Lipinski definition) is 0. The fourth-order valence-corrected chi connectivity index (χ4v) is 1.23. The van der Waals surface area contributed by atoms with Crippen LogP contribution in [0.5, 0.6) is 5.75 Å². The third-order valence-corrected chi connectivity index (χ3v) is 2.14. The number of ketones is 1. The largest absolute Gasteiger partial charge is 0.497 e. The van der Waals surface area contributed by atoms with E-state index in [2.05, 4.69) is 0 Å². The first-order valence-electron chi connectivity index (χ1n) is 5.12. The van der Waals surface area contributed by atoms with E-state index in [1.807, 2.05) is 0 Å². The van der Waals surface area contributed by atoms with Crippen molar-refractivity contribution in [2.75, 3.05) is 34.0 Å². The van der Waals surface area contributed by atoms with Crippen molar-refractivity contribution in [3.05, 3.63) is 29.6 Å². The van der Waals surface area contributed by atoms with Gasteiger partial charge in [0.2, 0.25) is 0 Å². The molecule has 0 aromatic heterocycles. The van der Waals surface area contributed by atoms with E-state index >= 15 is 0 Å². The summed E-state index contributed by atoms with van der Waals surface area (Å²) in [5, 5.41) is 0. The second-order valence-corrected chi connectivity index (χ2v) is 3.31. The first-order chi connectivity index (χ1) is 8.19. The monoisotopic (exact) mass is 242 g/mol. The third-order valence-electron chi connectivity index (χ3n) is 2.14. The lowest BCUT2D eigenvalue weighted by Crippen LogP contribution is -2.13. The van der Waals surface area contributed by atoms with Gasteiger partial charge in [-0.05, 0) is 12.1 Å². The number of methoxy groups -OCH3 is 2. The van der Waals surface area contributed by atoms with Gasteiger partial charge in [0, 0.05) is 13.2 Å². The molecule has 17 heavy (non-hydrogen) atoms. The van der Waals surface area contributed by atoms with Crippen LogP contribution < -0.4 is 4.74 Å². The Bertz CT molecular complexity index is 379. The number of benzene rings is 1. The average molecular weight is 242 g/mol. The highest BCUT2D eigenvalue weighted by atomic mass is 19.1. The van der Waals surface area contributed by atoms with Gasteiger partial charge in [-0.1, -0.05) is 0 Å². The quantitative estimate of drug-likeness (QED) is 0.539. The van der Waals surface area contributed by atoms with Crippen LogP contribution in [0.2, 0.25) is 0 Å². The molecule has 0 aliphatic heterocycles. The summed E-state index contributed by atoms with van der Waals surface area (Å²) in [7, 11) is 2.97. The van der Waals surface area contributed by atoms with Crippen molar-refractivity contribution in [1.29, 1.82) is 0 Å². The normalized spacial score (nSPS) is 10.3. The van der Waals surface area contributed by atoms with Crippen LogP contribution in [0, 0.1) is 5.82 Å². The van der Waals surface area contributed by atoms with Gasteiger partial charge in [0.25, 0.3) is 0 Å². The zero-order chi connectivity index (χ0) is 12.7. The molecule has 94 valence electrons. The molecule has 0 aliphatic carbocycles. The van der Waals surface area contributed by atoms with Gasteiger partial charge in [0.15, 0.2) is 5.78 Å². The van der Waals surface area contributed by atoms with Crippen LogP contribution in [-0.4, -0.2) is 39.8 Å². The van der Waals surface area contributed by atoms with Crippen molar-refractivity contribution in [2.45, 2.75) is 0 Å². The fraction of sp³-hybridized carbons (Fsp3) is 0.417. The number of Topliss-reactive ketones (excluding diaryl/α,β-unsaturated/α-hetero) is 1. The average Bonchev–Trinajstić information content (AvgIpc) is 2.34. The Labute approximate surface area is 99.3 Å². The van der Waals surface area contributed by atoms with Crippen molar-refractivity contribution in [3.8, 4) is 5.75 Å². The molecule has 5 heteroatoms. The number of carbonyl (C=O) groups is 1. The Morgan fingerprint density at radius 2 is 2.06 bits per heavy atom. The molecule has 0 saturated carbocycles. The third kappa shape index (κ3) is 4.13. The first-order valence-corrected chi connectivity index (χ1v) is 5.12. The number of rotatable bonds is 7. The van der Waals surface area contributed by atoms with Crippen LogP contribution in [0.15, 0.2) is 18.2 Å². The Hall–Kier alpha value is -1.46. The summed E-state index contributed by atoms with van der Waals surface area (Å²) in [4.78, 5) is 11.6. The molecular weight excluding hydrogens is 227 g/mol. The second-order valence-electron chi connectivity index (χ2n) is 3.31. The minimum Gasteiger partial charge on any atom is -0.497 e. The molecule has 1 aromatic carbocycles. The molecule has 0 aliphatic rings. The smallest absolute Gasteiger partial charge is 0.191 e. The van der Waals surface area contributed by atoms with E-state index in [1.165, 1.54) is 32.4 Å². The maximum atomic E-state index is 13.5. The van der Waals surface area contributed by atoms with Gasteiger partial charge in [0.05, 0.1) is 25.9 Å². The highest BCUT2D eigenvalue weighted by molar-refractivity contribution is 5.97. The molecule has 0 spiro atoms. The molecule has 0 atom stereocenters. The molecule has 0 N–H and O–H groups in total. The van der Waals surface area contributed by atoms with Crippen LogP contribution in [0.3, 0.4) is 0 Å². The lowest BCUT2D eigenvalue weighted by atomic mass is 10.1. The van der Waals surface area contributed by atoms with E-state index in [0.717, 1.165) is 0 Å². The Morgan fingerprint density at radius 3 is 2.65 bits per heavy atom. The van der Waals surface area contributed by atoms with Gasteiger partial charge in [0.1, 0.15) is 18.2 Å². The lowest BCUT2D eigenvalue weighted by molar-refractivity contribution is 0.0574. The molecule has 0 fully saturated rings. The maximum absolute atomic E-state index is 13.5. The second kappa shape index (κ2) is 6.98. The molecular formula is C12H15FO4. The summed E-state index contributed by atoms with van der Waals surface area (Å²) in [5.74, 6) is -0.634. The zero-order valence-corrected chi connectivity index (χ0v) is 9.86. The van der Waals surface area contributed by atoms with E-state index in [1.54, 1.807) is 0 Å². The van der Waals surface area contributed by atoms with Crippen LogP contribution in [-0.2, 0) is 9.47 Å². The van der Waals surface area contributed by atoms with Crippen molar-refractivity contribution < 1.29 is 23.4 Å². The Balaban J connectivity index is 2.57. The highest BCUT2D eigenvalue weighted by Gasteiger charge is 2.12. The van der Waals surface area contributed by atoms with E-state index in [4.69, 9.17) is 14.2 Å².